The third kappa shape index (κ3) is 2.94. The Morgan fingerprint density at radius 1 is 1.25 bits per heavy atom. The van der Waals surface area contributed by atoms with Gasteiger partial charge in [0, 0.05) is 24.2 Å². The average molecular weight is 223 g/mol. The Hall–Kier alpha value is -1.12. The van der Waals surface area contributed by atoms with Crippen molar-refractivity contribution >= 4 is 6.29 Å². The van der Waals surface area contributed by atoms with Crippen LogP contribution in [0.25, 0.3) is 0 Å². The summed E-state index contributed by atoms with van der Waals surface area (Å²) in [5.74, 6) is 1.50. The first-order valence-corrected chi connectivity index (χ1v) is 5.59. The summed E-state index contributed by atoms with van der Waals surface area (Å²) in [5, 5.41) is 0. The highest BCUT2D eigenvalue weighted by molar-refractivity contribution is 5.58. The van der Waals surface area contributed by atoms with Gasteiger partial charge in [0.05, 0.1) is 5.69 Å². The predicted octanol–water partition coefficient (Wildman–Crippen LogP) is 3.05. The fourth-order valence-electron chi connectivity index (χ4n) is 1.63. The van der Waals surface area contributed by atoms with Crippen LogP contribution in [0.1, 0.15) is 52.0 Å². The van der Waals surface area contributed by atoms with E-state index in [2.05, 4.69) is 25.8 Å². The van der Waals surface area contributed by atoms with Crippen LogP contribution in [0.5, 0.6) is 0 Å². The summed E-state index contributed by atoms with van der Waals surface area (Å²) >= 11 is 0. The van der Waals surface area contributed by atoms with Crippen LogP contribution in [0.4, 0.5) is 0 Å². The Kier molecular flexibility index (Phi) is 3.27. The molecule has 0 aromatic carbocycles. The number of hydrogen-bond donors (Lipinski definition) is 0. The van der Waals surface area contributed by atoms with Crippen molar-refractivity contribution < 1.29 is 9.21 Å². The maximum absolute atomic E-state index is 10.9. The molecule has 0 amide bonds. The molecule has 1 heterocycles. The van der Waals surface area contributed by atoms with Crippen LogP contribution in [0.3, 0.4) is 0 Å². The Morgan fingerprint density at radius 3 is 2.25 bits per heavy atom. The van der Waals surface area contributed by atoms with Gasteiger partial charge in [0.25, 0.3) is 0 Å². The predicted molar refractivity (Wildman–Crippen MR) is 63.5 cm³/mol. The summed E-state index contributed by atoms with van der Waals surface area (Å²) in [6, 6.07) is 0. The maximum Gasteiger partial charge on any atom is 0.191 e. The smallest absolute Gasteiger partial charge is 0.191 e. The van der Waals surface area contributed by atoms with Gasteiger partial charge in [-0.1, -0.05) is 34.6 Å². The van der Waals surface area contributed by atoms with Gasteiger partial charge in [-0.3, -0.25) is 0 Å². The number of aryl methyl sites for hydroxylation is 1. The average Bonchev–Trinajstić information content (AvgIpc) is 2.45. The second kappa shape index (κ2) is 4.04. The lowest BCUT2D eigenvalue weighted by molar-refractivity contribution is -0.114. The summed E-state index contributed by atoms with van der Waals surface area (Å²) in [6.45, 7) is 12.0. The monoisotopic (exact) mass is 223 g/mol. The number of nitrogens with zero attached hydrogens (tertiary/aromatic N) is 1. The fourth-order valence-corrected chi connectivity index (χ4v) is 1.63. The molecule has 90 valence electrons. The minimum atomic E-state index is -0.397. The van der Waals surface area contributed by atoms with Crippen molar-refractivity contribution in [1.82, 2.24) is 4.98 Å². The van der Waals surface area contributed by atoms with E-state index in [9.17, 15) is 4.79 Å². The summed E-state index contributed by atoms with van der Waals surface area (Å²) in [6.07, 6.45) is 1.57. The van der Waals surface area contributed by atoms with Crippen LogP contribution in [-0.4, -0.2) is 11.3 Å². The molecule has 0 bridgehead atoms. The van der Waals surface area contributed by atoms with E-state index in [0.717, 1.165) is 17.7 Å². The molecule has 1 rings (SSSR count). The minimum Gasteiger partial charge on any atom is -0.446 e. The summed E-state index contributed by atoms with van der Waals surface area (Å²) in [4.78, 5) is 15.4. The Bertz CT molecular complexity index is 383. The van der Waals surface area contributed by atoms with Crippen LogP contribution in [-0.2, 0) is 16.6 Å². The summed E-state index contributed by atoms with van der Waals surface area (Å²) in [7, 11) is 0. The van der Waals surface area contributed by atoms with Crippen molar-refractivity contribution in [2.75, 3.05) is 0 Å². The SMILES string of the molecule is Cc1nc(C(C)(C)C)c(CC(C)(C)C=O)o1. The normalized spacial score (nSPS) is 12.9. The molecule has 0 aliphatic heterocycles. The van der Waals surface area contributed by atoms with Crippen LogP contribution < -0.4 is 0 Å². The first-order chi connectivity index (χ1) is 7.15. The number of hydrogen-bond acceptors (Lipinski definition) is 3. The van der Waals surface area contributed by atoms with Crippen molar-refractivity contribution in [1.29, 1.82) is 0 Å². The lowest BCUT2D eigenvalue weighted by Gasteiger charge is -2.20. The standard InChI is InChI=1S/C13H21NO2/c1-9-14-11(12(2,3)4)10(16-9)7-13(5,6)8-15/h8H,7H2,1-6H3. The fraction of sp³-hybridized carbons (Fsp3) is 0.692. The molecule has 16 heavy (non-hydrogen) atoms. The van der Waals surface area contributed by atoms with Gasteiger partial charge in [0.1, 0.15) is 12.0 Å². The first-order valence-electron chi connectivity index (χ1n) is 5.59. The molecular weight excluding hydrogens is 202 g/mol. The van der Waals surface area contributed by atoms with E-state index in [1.54, 1.807) is 0 Å². The van der Waals surface area contributed by atoms with Gasteiger partial charge in [-0.2, -0.15) is 0 Å². The topological polar surface area (TPSA) is 43.1 Å². The molecule has 0 radical (unpaired) electrons. The second-order valence-corrected chi connectivity index (χ2v) is 6.04. The number of carbonyl (C=O) groups is 1. The summed E-state index contributed by atoms with van der Waals surface area (Å²) in [5.41, 5.74) is 0.512. The Labute approximate surface area is 97.3 Å². The van der Waals surface area contributed by atoms with E-state index in [4.69, 9.17) is 4.42 Å². The summed E-state index contributed by atoms with van der Waals surface area (Å²) < 4.78 is 5.61. The van der Waals surface area contributed by atoms with Gasteiger partial charge in [0.2, 0.25) is 0 Å². The molecule has 3 nitrogen and oxygen atoms in total. The zero-order chi connectivity index (χ0) is 12.6. The van der Waals surface area contributed by atoms with Crippen LogP contribution in [0.2, 0.25) is 0 Å². The molecule has 0 fully saturated rings. The molecule has 1 aromatic rings. The largest absolute Gasteiger partial charge is 0.446 e. The maximum atomic E-state index is 10.9. The highest BCUT2D eigenvalue weighted by atomic mass is 16.4. The van der Waals surface area contributed by atoms with Crippen LogP contribution in [0.15, 0.2) is 4.42 Å². The van der Waals surface area contributed by atoms with Crippen molar-refractivity contribution in [2.24, 2.45) is 5.41 Å². The quantitative estimate of drug-likeness (QED) is 0.740. The van der Waals surface area contributed by atoms with E-state index in [-0.39, 0.29) is 5.41 Å². The zero-order valence-corrected chi connectivity index (χ0v) is 11.0. The number of aromatic nitrogens is 1. The van der Waals surface area contributed by atoms with Crippen molar-refractivity contribution in [3.63, 3.8) is 0 Å². The molecular formula is C13H21NO2. The molecule has 0 N–H and O–H groups in total. The van der Waals surface area contributed by atoms with Crippen molar-refractivity contribution in [2.45, 2.75) is 53.4 Å². The number of carbonyl (C=O) groups excluding carboxylic acids is 1. The molecule has 1 aromatic heterocycles. The van der Waals surface area contributed by atoms with E-state index in [0.29, 0.717) is 12.3 Å². The highest BCUT2D eigenvalue weighted by Crippen LogP contribution is 2.30. The van der Waals surface area contributed by atoms with Gasteiger partial charge in [0.15, 0.2) is 5.89 Å². The van der Waals surface area contributed by atoms with Gasteiger partial charge < -0.3 is 9.21 Å². The van der Waals surface area contributed by atoms with Gasteiger partial charge in [-0.05, 0) is 0 Å². The van der Waals surface area contributed by atoms with E-state index in [1.165, 1.54) is 0 Å². The van der Waals surface area contributed by atoms with Gasteiger partial charge in [-0.25, -0.2) is 4.98 Å². The van der Waals surface area contributed by atoms with Gasteiger partial charge in [-0.15, -0.1) is 0 Å². The lowest BCUT2D eigenvalue weighted by atomic mass is 9.84. The molecule has 0 saturated heterocycles. The molecule has 0 saturated carbocycles. The van der Waals surface area contributed by atoms with E-state index >= 15 is 0 Å². The van der Waals surface area contributed by atoms with E-state index in [1.807, 2.05) is 20.8 Å². The lowest BCUT2D eigenvalue weighted by Crippen LogP contribution is -2.20. The molecule has 3 heteroatoms. The zero-order valence-electron chi connectivity index (χ0n) is 11.0. The van der Waals surface area contributed by atoms with Crippen molar-refractivity contribution in [3.05, 3.63) is 17.3 Å². The Balaban J connectivity index is 3.10. The second-order valence-electron chi connectivity index (χ2n) is 6.04. The molecule has 0 unspecified atom stereocenters. The minimum absolute atomic E-state index is 0.0495. The third-order valence-electron chi connectivity index (χ3n) is 2.45. The molecule has 0 aliphatic rings. The van der Waals surface area contributed by atoms with E-state index < -0.39 is 5.41 Å². The molecule has 0 aliphatic carbocycles. The van der Waals surface area contributed by atoms with Crippen LogP contribution >= 0.6 is 0 Å². The highest BCUT2D eigenvalue weighted by Gasteiger charge is 2.28. The number of aldehydes is 1. The van der Waals surface area contributed by atoms with Gasteiger partial charge >= 0.3 is 0 Å². The number of oxazole rings is 1. The number of rotatable bonds is 3. The third-order valence-corrected chi connectivity index (χ3v) is 2.45. The van der Waals surface area contributed by atoms with Crippen LogP contribution in [0, 0.1) is 12.3 Å². The van der Waals surface area contributed by atoms with Crippen molar-refractivity contribution in [3.8, 4) is 0 Å². The molecule has 0 spiro atoms. The Morgan fingerprint density at radius 2 is 1.81 bits per heavy atom. The first kappa shape index (κ1) is 12.9. The molecule has 0 atom stereocenters.